The van der Waals surface area contributed by atoms with Crippen LogP contribution in [0.15, 0.2) is 62.7 Å². The molecule has 0 saturated carbocycles. The van der Waals surface area contributed by atoms with Crippen molar-refractivity contribution in [2.75, 3.05) is 6.26 Å². The van der Waals surface area contributed by atoms with Crippen LogP contribution in [0.1, 0.15) is 53.5 Å². The van der Waals surface area contributed by atoms with E-state index in [1.807, 2.05) is 13.8 Å². The number of hydrogen-bond donors (Lipinski definition) is 1. The van der Waals surface area contributed by atoms with Gasteiger partial charge in [0.1, 0.15) is 11.4 Å². The van der Waals surface area contributed by atoms with Gasteiger partial charge in [0.15, 0.2) is 0 Å². The summed E-state index contributed by atoms with van der Waals surface area (Å²) in [5.41, 5.74) is 0.189. The molecule has 1 amide bonds. The maximum Gasteiger partial charge on any atom is 0.263 e. The Morgan fingerprint density at radius 2 is 1.92 bits per heavy atom. The minimum atomic E-state index is -3.23. The van der Waals surface area contributed by atoms with Crippen molar-refractivity contribution in [2.24, 2.45) is 4.36 Å². The fourth-order valence-electron chi connectivity index (χ4n) is 3.96. The number of hydrogen-bond acceptors (Lipinski definition) is 5. The van der Waals surface area contributed by atoms with Gasteiger partial charge in [-0.1, -0.05) is 24.3 Å². The molecule has 0 aliphatic rings. The van der Waals surface area contributed by atoms with Crippen LogP contribution in [0.5, 0.6) is 0 Å². The molecule has 0 fully saturated rings. The van der Waals surface area contributed by atoms with Crippen LogP contribution >= 0.6 is 0 Å². The predicted molar refractivity (Wildman–Crippen MR) is 134 cm³/mol. The number of nitrogens with one attached hydrogen (secondary N) is 1. The molecule has 1 N–H and O–H groups in total. The molecule has 194 valence electrons. The van der Waals surface area contributed by atoms with E-state index in [0.29, 0.717) is 11.3 Å². The quantitative estimate of drug-likeness (QED) is 0.416. The molecule has 1 atom stereocenters. The number of carbonyl (C=O) groups is 1. The standard InChI is InChI=1S/C26H25F3N4O3S/c1-15(2)33-13-20(24(34)23(16(33)3)18-6-5-7-19(11-18)25(28)29)26(35)31-12-17-8-9-22(21(27)10-17)37(4,36)32-14-30/h5-11,13,15,25H,12H2,1-4H3,(H,31,35). The summed E-state index contributed by atoms with van der Waals surface area (Å²) in [4.78, 5) is 26.2. The zero-order valence-electron chi connectivity index (χ0n) is 20.6. The third kappa shape index (κ3) is 5.91. The van der Waals surface area contributed by atoms with E-state index in [-0.39, 0.29) is 39.7 Å². The van der Waals surface area contributed by atoms with E-state index in [1.54, 1.807) is 11.5 Å². The van der Waals surface area contributed by atoms with Crippen molar-refractivity contribution < 1.29 is 22.2 Å². The van der Waals surface area contributed by atoms with E-state index >= 15 is 0 Å². The topological polar surface area (TPSA) is 104 Å². The smallest absolute Gasteiger partial charge is 0.263 e. The predicted octanol–water partition coefficient (Wildman–Crippen LogP) is 5.35. The maximum atomic E-state index is 14.5. The lowest BCUT2D eigenvalue weighted by atomic mass is 9.98. The highest BCUT2D eigenvalue weighted by molar-refractivity contribution is 7.93. The van der Waals surface area contributed by atoms with Gasteiger partial charge in [-0.05, 0) is 50.1 Å². The molecule has 0 spiro atoms. The van der Waals surface area contributed by atoms with E-state index < -0.39 is 33.3 Å². The third-order valence-corrected chi connectivity index (χ3v) is 7.37. The lowest BCUT2D eigenvalue weighted by Crippen LogP contribution is -2.31. The summed E-state index contributed by atoms with van der Waals surface area (Å²) in [7, 11) is -3.23. The van der Waals surface area contributed by atoms with Crippen molar-refractivity contribution >= 4 is 15.6 Å². The molecule has 2 aromatic carbocycles. The average molecular weight is 531 g/mol. The van der Waals surface area contributed by atoms with Crippen LogP contribution in [0.4, 0.5) is 13.2 Å². The molecule has 37 heavy (non-hydrogen) atoms. The van der Waals surface area contributed by atoms with E-state index in [1.165, 1.54) is 48.8 Å². The number of halogens is 3. The number of carbonyl (C=O) groups excluding carboxylic acids is 1. The molecule has 3 aromatic rings. The molecule has 11 heteroatoms. The SMILES string of the molecule is Cc1c(-c2cccc(C(F)F)c2)c(=O)c(C(=O)NCc2ccc(S(C)(=O)=NC#N)c(F)c2)cn1C(C)C. The Hall–Kier alpha value is -3.91. The number of rotatable bonds is 7. The van der Waals surface area contributed by atoms with Crippen LogP contribution in [0, 0.1) is 24.2 Å². The minimum Gasteiger partial charge on any atom is -0.348 e. The molecule has 0 aliphatic heterocycles. The van der Waals surface area contributed by atoms with Gasteiger partial charge in [-0.3, -0.25) is 9.59 Å². The molecule has 0 saturated heterocycles. The maximum absolute atomic E-state index is 14.5. The normalized spacial score (nSPS) is 12.8. The number of pyridine rings is 1. The summed E-state index contributed by atoms with van der Waals surface area (Å²) in [6.07, 6.45) is 1.24. The van der Waals surface area contributed by atoms with Crippen molar-refractivity contribution in [3.05, 3.63) is 87.1 Å². The second-order valence-electron chi connectivity index (χ2n) is 8.70. The average Bonchev–Trinajstić information content (AvgIpc) is 2.82. The molecule has 3 rings (SSSR count). The van der Waals surface area contributed by atoms with Gasteiger partial charge in [-0.25, -0.2) is 17.4 Å². The summed E-state index contributed by atoms with van der Waals surface area (Å²) in [6.45, 7) is 5.24. The highest BCUT2D eigenvalue weighted by atomic mass is 32.2. The minimum absolute atomic E-state index is 0.137. The van der Waals surface area contributed by atoms with Crippen molar-refractivity contribution in [1.82, 2.24) is 9.88 Å². The third-order valence-electron chi connectivity index (χ3n) is 5.79. The van der Waals surface area contributed by atoms with Gasteiger partial charge < -0.3 is 9.88 Å². The van der Waals surface area contributed by atoms with Crippen molar-refractivity contribution in [3.63, 3.8) is 0 Å². The van der Waals surface area contributed by atoms with Crippen LogP contribution in [0.3, 0.4) is 0 Å². The zero-order chi connectivity index (χ0) is 27.5. The van der Waals surface area contributed by atoms with Crippen molar-refractivity contribution in [1.29, 1.82) is 5.26 Å². The first-order valence-corrected chi connectivity index (χ1v) is 13.1. The molecule has 0 bridgehead atoms. The van der Waals surface area contributed by atoms with Crippen LogP contribution in [-0.4, -0.2) is 20.9 Å². The summed E-state index contributed by atoms with van der Waals surface area (Å²) >= 11 is 0. The van der Waals surface area contributed by atoms with Crippen LogP contribution in [0.2, 0.25) is 0 Å². The number of nitriles is 1. The Bertz CT molecular complexity index is 1580. The van der Waals surface area contributed by atoms with Crippen LogP contribution < -0.4 is 10.7 Å². The second kappa shape index (κ2) is 11.0. The Labute approximate surface area is 212 Å². The van der Waals surface area contributed by atoms with Crippen LogP contribution in [0.25, 0.3) is 11.1 Å². The van der Waals surface area contributed by atoms with Gasteiger partial charge in [0.05, 0.1) is 14.6 Å². The van der Waals surface area contributed by atoms with E-state index in [2.05, 4.69) is 9.68 Å². The van der Waals surface area contributed by atoms with Gasteiger partial charge in [0.25, 0.3) is 12.3 Å². The molecular weight excluding hydrogens is 505 g/mol. The largest absolute Gasteiger partial charge is 0.348 e. The van der Waals surface area contributed by atoms with E-state index in [9.17, 15) is 27.0 Å². The van der Waals surface area contributed by atoms with Crippen molar-refractivity contribution in [3.8, 4) is 17.3 Å². The van der Waals surface area contributed by atoms with Gasteiger partial charge in [0, 0.05) is 41.9 Å². The summed E-state index contributed by atoms with van der Waals surface area (Å²) in [5.74, 6) is -1.58. The number of aromatic nitrogens is 1. The van der Waals surface area contributed by atoms with Gasteiger partial charge >= 0.3 is 0 Å². The number of benzene rings is 2. The van der Waals surface area contributed by atoms with Crippen molar-refractivity contribution in [2.45, 2.75) is 44.7 Å². The van der Waals surface area contributed by atoms with Gasteiger partial charge in [-0.2, -0.15) is 5.26 Å². The van der Waals surface area contributed by atoms with Gasteiger partial charge in [-0.15, -0.1) is 4.36 Å². The molecule has 1 aromatic heterocycles. The monoisotopic (exact) mass is 530 g/mol. The lowest BCUT2D eigenvalue weighted by molar-refractivity contribution is 0.0948. The summed E-state index contributed by atoms with van der Waals surface area (Å²) < 4.78 is 58.4. The second-order valence-corrected chi connectivity index (χ2v) is 10.9. The fourth-order valence-corrected chi connectivity index (χ4v) is 4.95. The first-order chi connectivity index (χ1) is 17.4. The Balaban J connectivity index is 1.99. The van der Waals surface area contributed by atoms with E-state index in [4.69, 9.17) is 5.26 Å². The molecule has 1 heterocycles. The van der Waals surface area contributed by atoms with Crippen LogP contribution in [-0.2, 0) is 16.3 Å². The summed E-state index contributed by atoms with van der Waals surface area (Å²) in [5, 5.41) is 11.2. The number of alkyl halides is 2. The Kier molecular flexibility index (Phi) is 8.23. The molecular formula is C26H25F3N4O3S. The first-order valence-electron chi connectivity index (χ1n) is 11.2. The summed E-state index contributed by atoms with van der Waals surface area (Å²) in [6, 6.07) is 9.04. The Morgan fingerprint density at radius 3 is 2.51 bits per heavy atom. The number of amides is 1. The molecule has 0 radical (unpaired) electrons. The zero-order valence-corrected chi connectivity index (χ0v) is 21.4. The number of nitrogens with zero attached hydrogens (tertiary/aromatic N) is 3. The van der Waals surface area contributed by atoms with E-state index in [0.717, 1.165) is 12.3 Å². The van der Waals surface area contributed by atoms with Gasteiger partial charge in [0.2, 0.25) is 11.6 Å². The molecule has 0 aliphatic carbocycles. The Morgan fingerprint density at radius 1 is 1.22 bits per heavy atom. The lowest BCUT2D eigenvalue weighted by Gasteiger charge is -2.20. The fraction of sp³-hybridized carbons (Fsp3) is 0.269. The first kappa shape index (κ1) is 27.7. The molecule has 7 nitrogen and oxygen atoms in total. The highest BCUT2D eigenvalue weighted by Gasteiger charge is 2.21. The molecule has 1 unspecified atom stereocenters. The highest BCUT2D eigenvalue weighted by Crippen LogP contribution is 2.27.